The van der Waals surface area contributed by atoms with Crippen LogP contribution in [0.5, 0.6) is 0 Å². The Kier molecular flexibility index (Phi) is 7.52. The molecule has 9 heterocycles. The Hall–Kier alpha value is -0.240. The van der Waals surface area contributed by atoms with Crippen molar-refractivity contribution in [3.63, 3.8) is 0 Å². The van der Waals surface area contributed by atoms with Crippen LogP contribution in [0.15, 0.2) is 0 Å². The van der Waals surface area contributed by atoms with Gasteiger partial charge in [-0.2, -0.15) is 0 Å². The molecule has 2 unspecified atom stereocenters. The molecule has 0 spiro atoms. The Morgan fingerprint density at radius 1 is 0.690 bits per heavy atom. The zero-order valence-corrected chi connectivity index (χ0v) is 18.2. The molecule has 6 heteroatoms. The van der Waals surface area contributed by atoms with Gasteiger partial charge in [0.1, 0.15) is 0 Å². The zero-order valence-electron chi connectivity index (χ0n) is 18.2. The largest absolute Gasteiger partial charge is 0.396 e. The molecule has 9 aliphatic rings. The highest BCUT2D eigenvalue weighted by Crippen LogP contribution is 2.43. The summed E-state index contributed by atoms with van der Waals surface area (Å²) in [4.78, 5) is 7.32. The topological polar surface area (TPSA) is 70.4 Å². The smallest absolute Gasteiger partial charge is 0.0696 e. The molecule has 6 bridgehead atoms. The monoisotopic (exact) mass is 409 g/mol. The molecule has 6 nitrogen and oxygen atoms in total. The summed E-state index contributed by atoms with van der Waals surface area (Å²) >= 11 is 0. The van der Waals surface area contributed by atoms with Crippen LogP contribution >= 0.6 is 0 Å². The van der Waals surface area contributed by atoms with Crippen molar-refractivity contribution in [1.29, 1.82) is 0 Å². The second kappa shape index (κ2) is 9.92. The van der Waals surface area contributed by atoms with Gasteiger partial charge in [0.15, 0.2) is 0 Å². The summed E-state index contributed by atoms with van der Waals surface area (Å²) in [6.07, 6.45) is 9.03. The minimum absolute atomic E-state index is 0.00694. The van der Waals surface area contributed by atoms with Gasteiger partial charge < -0.3 is 30.0 Å². The minimum atomic E-state index is -0.00694. The van der Waals surface area contributed by atoms with Gasteiger partial charge in [0, 0.05) is 37.6 Å². The third-order valence-electron chi connectivity index (χ3n) is 8.91. The standard InChI is InChI=1S/C9H17NO2.C7H13NO.C7H13N/c11-6-8-5-10-3-1-9(8,7-12)2-4-10;9-7-5-8-3-1-6(7)2-4-8;1-4-8-5-2-7(1)3-6-8/h8,11-12H,1-7H2;6-7,9H,1-5H2;7H,1-6H2. The van der Waals surface area contributed by atoms with Gasteiger partial charge in [0.05, 0.1) is 6.10 Å². The molecule has 0 aromatic carbocycles. The molecular formula is C23H43N3O3. The summed E-state index contributed by atoms with van der Waals surface area (Å²) in [6.45, 7) is 11.3. The van der Waals surface area contributed by atoms with Crippen molar-refractivity contribution < 1.29 is 15.3 Å². The zero-order chi connectivity index (χ0) is 20.3. The van der Waals surface area contributed by atoms with E-state index in [1.54, 1.807) is 0 Å². The maximum Gasteiger partial charge on any atom is 0.0696 e. The second-order valence-corrected chi connectivity index (χ2v) is 10.5. The van der Waals surface area contributed by atoms with Crippen molar-refractivity contribution in [2.45, 2.75) is 51.0 Å². The van der Waals surface area contributed by atoms with Crippen molar-refractivity contribution in [2.24, 2.45) is 23.2 Å². The summed E-state index contributed by atoms with van der Waals surface area (Å²) in [5.74, 6) is 2.06. The fraction of sp³-hybridized carbons (Fsp3) is 1.00. The number of fused-ring (bicyclic) bond motifs is 9. The van der Waals surface area contributed by atoms with E-state index in [1.807, 2.05) is 0 Å². The first-order chi connectivity index (χ1) is 14.1. The van der Waals surface area contributed by atoms with Crippen molar-refractivity contribution in [3.8, 4) is 0 Å². The lowest BCUT2D eigenvalue weighted by Crippen LogP contribution is -2.57. The molecule has 0 saturated carbocycles. The molecule has 9 aliphatic heterocycles. The molecule has 0 amide bonds. The van der Waals surface area contributed by atoms with Crippen LogP contribution in [0.25, 0.3) is 0 Å². The van der Waals surface area contributed by atoms with Crippen LogP contribution in [0.2, 0.25) is 0 Å². The van der Waals surface area contributed by atoms with E-state index >= 15 is 0 Å². The van der Waals surface area contributed by atoms with Crippen LogP contribution < -0.4 is 0 Å². The summed E-state index contributed by atoms with van der Waals surface area (Å²) < 4.78 is 0. The van der Waals surface area contributed by atoms with Crippen LogP contribution in [0, 0.1) is 23.2 Å². The van der Waals surface area contributed by atoms with Crippen LogP contribution in [0.4, 0.5) is 0 Å². The van der Waals surface area contributed by atoms with E-state index in [9.17, 15) is 15.3 Å². The molecule has 9 fully saturated rings. The van der Waals surface area contributed by atoms with E-state index in [2.05, 4.69) is 14.7 Å². The van der Waals surface area contributed by atoms with Gasteiger partial charge in [-0.3, -0.25) is 0 Å². The molecule has 9 rings (SSSR count). The third-order valence-corrected chi connectivity index (χ3v) is 8.91. The molecule has 0 radical (unpaired) electrons. The Morgan fingerprint density at radius 3 is 1.52 bits per heavy atom. The third kappa shape index (κ3) is 5.16. The first-order valence-electron chi connectivity index (χ1n) is 12.2. The lowest BCUT2D eigenvalue weighted by molar-refractivity contribution is -0.0849. The second-order valence-electron chi connectivity index (χ2n) is 10.5. The molecule has 9 saturated heterocycles. The fourth-order valence-corrected chi connectivity index (χ4v) is 6.43. The van der Waals surface area contributed by atoms with Gasteiger partial charge in [0.2, 0.25) is 0 Å². The van der Waals surface area contributed by atoms with Crippen LogP contribution in [0.1, 0.15) is 44.9 Å². The van der Waals surface area contributed by atoms with Gasteiger partial charge in [-0.15, -0.1) is 0 Å². The van der Waals surface area contributed by atoms with Crippen molar-refractivity contribution in [3.05, 3.63) is 0 Å². The highest BCUT2D eigenvalue weighted by atomic mass is 16.3. The van der Waals surface area contributed by atoms with E-state index in [-0.39, 0.29) is 24.7 Å². The van der Waals surface area contributed by atoms with E-state index in [4.69, 9.17) is 0 Å². The highest BCUT2D eigenvalue weighted by Gasteiger charge is 2.46. The molecular weight excluding hydrogens is 366 g/mol. The number of piperidine rings is 9. The van der Waals surface area contributed by atoms with E-state index in [0.717, 1.165) is 44.9 Å². The number of aliphatic hydroxyl groups is 3. The molecule has 29 heavy (non-hydrogen) atoms. The van der Waals surface area contributed by atoms with E-state index in [1.165, 1.54) is 64.8 Å². The predicted octanol–water partition coefficient (Wildman–Crippen LogP) is 0.858. The number of hydrogen-bond acceptors (Lipinski definition) is 6. The Bertz CT molecular complexity index is 473. The molecule has 0 aliphatic carbocycles. The summed E-state index contributed by atoms with van der Waals surface area (Å²) in [6, 6.07) is 0. The van der Waals surface area contributed by atoms with Crippen molar-refractivity contribution in [1.82, 2.24) is 14.7 Å². The summed E-state index contributed by atoms with van der Waals surface area (Å²) in [5, 5.41) is 27.9. The quantitative estimate of drug-likeness (QED) is 0.628. The van der Waals surface area contributed by atoms with Gasteiger partial charge in [-0.1, -0.05) is 0 Å². The average molecular weight is 410 g/mol. The van der Waals surface area contributed by atoms with E-state index in [0.29, 0.717) is 11.8 Å². The van der Waals surface area contributed by atoms with Crippen molar-refractivity contribution in [2.75, 3.05) is 72.1 Å². The maximum absolute atomic E-state index is 9.36. The van der Waals surface area contributed by atoms with Crippen LogP contribution in [-0.2, 0) is 0 Å². The predicted molar refractivity (Wildman–Crippen MR) is 115 cm³/mol. The van der Waals surface area contributed by atoms with Crippen LogP contribution in [-0.4, -0.2) is 108 Å². The minimum Gasteiger partial charge on any atom is -0.396 e. The summed E-state index contributed by atoms with van der Waals surface area (Å²) in [5.41, 5.74) is 0.0590. The van der Waals surface area contributed by atoms with E-state index < -0.39 is 0 Å². The molecule has 2 atom stereocenters. The SMILES string of the molecule is C1CN2CCC1CC2.OC1CN2CCC1CC2.OCC1CN2CCC1(CO)CC2. The van der Waals surface area contributed by atoms with Crippen LogP contribution in [0.3, 0.4) is 0 Å². The highest BCUT2D eigenvalue weighted by molar-refractivity contribution is 4.97. The summed E-state index contributed by atoms with van der Waals surface area (Å²) in [7, 11) is 0. The average Bonchev–Trinajstić information content (AvgIpc) is 2.82. The number of rotatable bonds is 2. The molecule has 3 N–H and O–H groups in total. The van der Waals surface area contributed by atoms with Gasteiger partial charge >= 0.3 is 0 Å². The van der Waals surface area contributed by atoms with Gasteiger partial charge in [-0.05, 0) is 103 Å². The lowest BCUT2D eigenvalue weighted by atomic mass is 9.66. The van der Waals surface area contributed by atoms with Gasteiger partial charge in [0.25, 0.3) is 0 Å². The Labute approximate surface area is 176 Å². The number of aliphatic hydroxyl groups excluding tert-OH is 3. The van der Waals surface area contributed by atoms with Gasteiger partial charge in [-0.25, -0.2) is 0 Å². The number of hydrogen-bond donors (Lipinski definition) is 3. The molecule has 168 valence electrons. The Morgan fingerprint density at radius 2 is 1.24 bits per heavy atom. The normalized spacial score (nSPS) is 47.1. The fourth-order valence-electron chi connectivity index (χ4n) is 6.43. The first kappa shape index (κ1) is 22.0. The molecule has 0 aromatic heterocycles. The lowest BCUT2D eigenvalue weighted by Gasteiger charge is -2.52. The maximum atomic E-state index is 9.36. The Balaban J connectivity index is 0.000000108. The number of nitrogens with zero attached hydrogens (tertiary/aromatic N) is 3. The van der Waals surface area contributed by atoms with Crippen molar-refractivity contribution >= 4 is 0 Å². The molecule has 0 aromatic rings. The first-order valence-corrected chi connectivity index (χ1v) is 12.2.